The van der Waals surface area contributed by atoms with Gasteiger partial charge in [0.15, 0.2) is 11.5 Å². The lowest BCUT2D eigenvalue weighted by atomic mass is 10.2. The Kier molecular flexibility index (Phi) is 8.66. The quantitative estimate of drug-likeness (QED) is 0.308. The maximum atomic E-state index is 13.1. The van der Waals surface area contributed by atoms with Gasteiger partial charge in [0.2, 0.25) is 0 Å². The molecule has 0 aliphatic carbocycles. The van der Waals surface area contributed by atoms with Crippen LogP contribution in [0.1, 0.15) is 35.3 Å². The summed E-state index contributed by atoms with van der Waals surface area (Å²) in [7, 11) is 0. The largest absolute Gasteiger partial charge is 0.494 e. The van der Waals surface area contributed by atoms with E-state index >= 15 is 0 Å². The summed E-state index contributed by atoms with van der Waals surface area (Å²) in [6.45, 7) is 4.89. The summed E-state index contributed by atoms with van der Waals surface area (Å²) in [5.74, 6) is 0.830. The predicted molar refractivity (Wildman–Crippen MR) is 126 cm³/mol. The van der Waals surface area contributed by atoms with Crippen LogP contribution in [0, 0.1) is 5.82 Å². The highest BCUT2D eigenvalue weighted by Gasteiger charge is 2.13. The summed E-state index contributed by atoms with van der Waals surface area (Å²) >= 11 is 6.41. The number of carbonyl (C=O) groups excluding carboxylic acids is 1. The van der Waals surface area contributed by atoms with E-state index in [-0.39, 0.29) is 18.3 Å². The van der Waals surface area contributed by atoms with Crippen molar-refractivity contribution in [3.63, 3.8) is 0 Å². The van der Waals surface area contributed by atoms with Crippen LogP contribution in [0.2, 0.25) is 5.02 Å². The first-order chi connectivity index (χ1) is 16.0. The molecule has 1 N–H and O–H groups in total. The van der Waals surface area contributed by atoms with Gasteiger partial charge in [-0.05, 0) is 73.5 Å². The molecule has 0 aliphatic rings. The van der Waals surface area contributed by atoms with Crippen molar-refractivity contribution in [3.8, 4) is 17.2 Å². The summed E-state index contributed by atoms with van der Waals surface area (Å²) in [5, 5.41) is 4.33. The van der Waals surface area contributed by atoms with E-state index < -0.39 is 0 Å². The first kappa shape index (κ1) is 24.1. The molecule has 0 heterocycles. The van der Waals surface area contributed by atoms with Gasteiger partial charge in [0.1, 0.15) is 18.2 Å². The minimum Gasteiger partial charge on any atom is -0.494 e. The Morgan fingerprint density at radius 3 is 2.36 bits per heavy atom. The van der Waals surface area contributed by atoms with Gasteiger partial charge in [-0.1, -0.05) is 23.7 Å². The van der Waals surface area contributed by atoms with Gasteiger partial charge < -0.3 is 14.2 Å². The van der Waals surface area contributed by atoms with E-state index in [4.69, 9.17) is 25.8 Å². The van der Waals surface area contributed by atoms with Crippen molar-refractivity contribution in [2.24, 2.45) is 5.10 Å². The number of carbonyl (C=O) groups is 1. The second kappa shape index (κ2) is 11.9. The van der Waals surface area contributed by atoms with Crippen LogP contribution in [-0.4, -0.2) is 25.3 Å². The van der Waals surface area contributed by atoms with Gasteiger partial charge in [0.25, 0.3) is 5.91 Å². The molecular formula is C25H24ClFN2O4. The fraction of sp³-hybridized carbons (Fsp3) is 0.200. The van der Waals surface area contributed by atoms with Crippen LogP contribution in [0.4, 0.5) is 4.39 Å². The fourth-order valence-electron chi connectivity index (χ4n) is 2.90. The molecular weight excluding hydrogens is 447 g/mol. The molecule has 0 saturated heterocycles. The molecule has 3 aromatic rings. The van der Waals surface area contributed by atoms with Crippen LogP contribution in [0.5, 0.6) is 17.2 Å². The van der Waals surface area contributed by atoms with Crippen molar-refractivity contribution in [1.82, 2.24) is 5.43 Å². The average molecular weight is 471 g/mol. The van der Waals surface area contributed by atoms with Crippen LogP contribution in [0.15, 0.2) is 65.8 Å². The number of hydrazone groups is 1. The molecule has 0 atom stereocenters. The minimum atomic E-state index is -0.357. The predicted octanol–water partition coefficient (Wildman–Crippen LogP) is 5.62. The molecule has 0 bridgehead atoms. The summed E-state index contributed by atoms with van der Waals surface area (Å²) in [5.41, 5.74) is 4.34. The first-order valence-electron chi connectivity index (χ1n) is 10.4. The second-order valence-corrected chi connectivity index (χ2v) is 7.24. The fourth-order valence-corrected chi connectivity index (χ4v) is 3.17. The van der Waals surface area contributed by atoms with E-state index in [1.54, 1.807) is 48.5 Å². The molecule has 0 aromatic heterocycles. The number of nitrogens with one attached hydrogen (secondary N) is 1. The second-order valence-electron chi connectivity index (χ2n) is 6.83. The monoisotopic (exact) mass is 470 g/mol. The van der Waals surface area contributed by atoms with E-state index in [0.717, 1.165) is 5.56 Å². The van der Waals surface area contributed by atoms with Gasteiger partial charge in [-0.25, -0.2) is 9.82 Å². The Labute approximate surface area is 196 Å². The van der Waals surface area contributed by atoms with Gasteiger partial charge in [-0.3, -0.25) is 4.79 Å². The number of ether oxygens (including phenoxy) is 3. The van der Waals surface area contributed by atoms with Crippen molar-refractivity contribution in [2.45, 2.75) is 20.5 Å². The van der Waals surface area contributed by atoms with Gasteiger partial charge in [-0.15, -0.1) is 0 Å². The van der Waals surface area contributed by atoms with Crippen LogP contribution in [0.3, 0.4) is 0 Å². The Hall–Kier alpha value is -3.58. The van der Waals surface area contributed by atoms with Gasteiger partial charge in [0, 0.05) is 5.56 Å². The Morgan fingerprint density at radius 1 is 1.00 bits per heavy atom. The number of rotatable bonds is 10. The highest BCUT2D eigenvalue weighted by atomic mass is 35.5. The van der Waals surface area contributed by atoms with Gasteiger partial charge in [0.05, 0.1) is 24.5 Å². The standard InChI is InChI=1S/C25H24ClFN2O4/c1-3-31-21-11-7-19(8-12-21)25(30)29-28-15-18-13-22(26)24(23(14-18)32-4-2)33-16-17-5-9-20(27)10-6-17/h5-15H,3-4,16H2,1-2H3,(H,29,30)/b28-15-. The van der Waals surface area contributed by atoms with Crippen molar-refractivity contribution < 1.29 is 23.4 Å². The first-order valence-corrected chi connectivity index (χ1v) is 10.8. The molecule has 3 aromatic carbocycles. The van der Waals surface area contributed by atoms with E-state index in [0.29, 0.717) is 46.6 Å². The van der Waals surface area contributed by atoms with Crippen LogP contribution >= 0.6 is 11.6 Å². The molecule has 33 heavy (non-hydrogen) atoms. The van der Waals surface area contributed by atoms with Gasteiger partial charge in [-0.2, -0.15) is 5.10 Å². The minimum absolute atomic E-state index is 0.200. The molecule has 0 radical (unpaired) electrons. The molecule has 0 aliphatic heterocycles. The van der Waals surface area contributed by atoms with Crippen LogP contribution < -0.4 is 19.6 Å². The lowest BCUT2D eigenvalue weighted by molar-refractivity contribution is 0.0955. The topological polar surface area (TPSA) is 69.2 Å². The average Bonchev–Trinajstić information content (AvgIpc) is 2.80. The molecule has 172 valence electrons. The lowest BCUT2D eigenvalue weighted by Crippen LogP contribution is -2.17. The molecule has 3 rings (SSSR count). The zero-order valence-electron chi connectivity index (χ0n) is 18.3. The Balaban J connectivity index is 1.67. The number of nitrogens with zero attached hydrogens (tertiary/aromatic N) is 1. The van der Waals surface area contributed by atoms with Gasteiger partial charge >= 0.3 is 0 Å². The number of benzene rings is 3. The number of hydrogen-bond donors (Lipinski definition) is 1. The molecule has 0 saturated carbocycles. The lowest BCUT2D eigenvalue weighted by Gasteiger charge is -2.14. The zero-order chi connectivity index (χ0) is 23.6. The van der Waals surface area contributed by atoms with Crippen molar-refractivity contribution >= 4 is 23.7 Å². The Morgan fingerprint density at radius 2 is 1.70 bits per heavy atom. The molecule has 8 heteroatoms. The van der Waals surface area contributed by atoms with Crippen molar-refractivity contribution in [3.05, 3.63) is 88.2 Å². The molecule has 0 unspecified atom stereocenters. The zero-order valence-corrected chi connectivity index (χ0v) is 19.1. The maximum Gasteiger partial charge on any atom is 0.271 e. The Bertz CT molecular complexity index is 1100. The highest BCUT2D eigenvalue weighted by Crippen LogP contribution is 2.37. The van der Waals surface area contributed by atoms with Crippen molar-refractivity contribution in [2.75, 3.05) is 13.2 Å². The van der Waals surface area contributed by atoms with E-state index in [9.17, 15) is 9.18 Å². The van der Waals surface area contributed by atoms with E-state index in [1.807, 2.05) is 13.8 Å². The van der Waals surface area contributed by atoms with E-state index in [1.165, 1.54) is 18.3 Å². The smallest absolute Gasteiger partial charge is 0.271 e. The molecule has 6 nitrogen and oxygen atoms in total. The van der Waals surface area contributed by atoms with Crippen LogP contribution in [0.25, 0.3) is 0 Å². The van der Waals surface area contributed by atoms with Crippen molar-refractivity contribution in [1.29, 1.82) is 0 Å². The summed E-state index contributed by atoms with van der Waals surface area (Å²) < 4.78 is 29.9. The summed E-state index contributed by atoms with van der Waals surface area (Å²) in [6.07, 6.45) is 1.46. The molecule has 1 amide bonds. The normalized spacial score (nSPS) is 10.8. The van der Waals surface area contributed by atoms with E-state index in [2.05, 4.69) is 10.5 Å². The number of amides is 1. The molecule has 0 fully saturated rings. The highest BCUT2D eigenvalue weighted by molar-refractivity contribution is 6.32. The number of hydrogen-bond acceptors (Lipinski definition) is 5. The molecule has 0 spiro atoms. The third-order valence-electron chi connectivity index (χ3n) is 4.44. The third-order valence-corrected chi connectivity index (χ3v) is 4.72. The summed E-state index contributed by atoms with van der Waals surface area (Å²) in [6, 6.07) is 16.1. The maximum absolute atomic E-state index is 13.1. The third kappa shape index (κ3) is 6.95. The van der Waals surface area contributed by atoms with Crippen LogP contribution in [-0.2, 0) is 6.61 Å². The summed E-state index contributed by atoms with van der Waals surface area (Å²) in [4.78, 5) is 12.3. The SMILES string of the molecule is CCOc1ccc(C(=O)N/N=C\c2cc(Cl)c(OCc3ccc(F)cc3)c(OCC)c2)cc1. The number of halogens is 2.